The Morgan fingerprint density at radius 3 is 2.75 bits per heavy atom. The van der Waals surface area contributed by atoms with Gasteiger partial charge in [-0.2, -0.15) is 5.10 Å². The van der Waals surface area contributed by atoms with Crippen molar-refractivity contribution in [2.75, 3.05) is 27.2 Å². The standard InChI is InChI=1S/C24H30N4O4/c1-15(2)32-14-22-19-10-20(23(29)11-21(19)25-26-22)24(30)28-12-16-5-6-18(9-17(16)13-28)31-8-7-27(3)4/h5-6,9-11,15,29H,7-8,12-14H2,1-4H3,(H,25,26). The number of ether oxygens (including phenoxy) is 2. The molecule has 32 heavy (non-hydrogen) atoms. The summed E-state index contributed by atoms with van der Waals surface area (Å²) in [6, 6.07) is 9.20. The largest absolute Gasteiger partial charge is 0.507 e. The van der Waals surface area contributed by atoms with Gasteiger partial charge in [0.1, 0.15) is 18.1 Å². The highest BCUT2D eigenvalue weighted by atomic mass is 16.5. The van der Waals surface area contributed by atoms with Gasteiger partial charge < -0.3 is 24.4 Å². The van der Waals surface area contributed by atoms with Crippen LogP contribution in [0.15, 0.2) is 30.3 Å². The van der Waals surface area contributed by atoms with Crippen molar-refractivity contribution in [2.24, 2.45) is 0 Å². The summed E-state index contributed by atoms with van der Waals surface area (Å²) in [7, 11) is 4.01. The number of hydrogen-bond acceptors (Lipinski definition) is 6. The molecule has 4 rings (SSSR count). The SMILES string of the molecule is CC(C)OCc1n[nH]c2cc(O)c(C(=O)N3Cc4ccc(OCCN(C)C)cc4C3)cc12. The van der Waals surface area contributed by atoms with E-state index in [0.29, 0.717) is 37.5 Å². The normalized spacial score (nSPS) is 13.4. The van der Waals surface area contributed by atoms with Crippen LogP contribution in [0.2, 0.25) is 0 Å². The number of aromatic hydroxyl groups is 1. The average Bonchev–Trinajstić information content (AvgIpc) is 3.34. The molecule has 0 spiro atoms. The lowest BCUT2D eigenvalue weighted by Gasteiger charge is -2.16. The molecule has 0 radical (unpaired) electrons. The number of hydrogen-bond donors (Lipinski definition) is 2. The highest BCUT2D eigenvalue weighted by molar-refractivity contribution is 6.01. The van der Waals surface area contributed by atoms with E-state index in [2.05, 4.69) is 15.1 Å². The van der Waals surface area contributed by atoms with Gasteiger partial charge in [0.15, 0.2) is 0 Å². The second kappa shape index (κ2) is 9.18. The molecular formula is C24H30N4O4. The average molecular weight is 439 g/mol. The summed E-state index contributed by atoms with van der Waals surface area (Å²) < 4.78 is 11.5. The van der Waals surface area contributed by atoms with Crippen molar-refractivity contribution >= 4 is 16.8 Å². The molecule has 170 valence electrons. The molecule has 2 heterocycles. The number of carbonyl (C=O) groups is 1. The van der Waals surface area contributed by atoms with Crippen molar-refractivity contribution in [3.63, 3.8) is 0 Å². The van der Waals surface area contributed by atoms with Crippen molar-refractivity contribution in [3.8, 4) is 11.5 Å². The molecule has 0 saturated heterocycles. The number of H-pyrrole nitrogens is 1. The van der Waals surface area contributed by atoms with Crippen LogP contribution < -0.4 is 4.74 Å². The van der Waals surface area contributed by atoms with Gasteiger partial charge in [-0.1, -0.05) is 6.07 Å². The van der Waals surface area contributed by atoms with Gasteiger partial charge in [0.05, 0.1) is 29.5 Å². The number of phenols is 1. The van der Waals surface area contributed by atoms with Crippen LogP contribution in [0.1, 0.15) is 41.0 Å². The predicted octanol–water partition coefficient (Wildman–Crippen LogP) is 3.29. The molecule has 0 saturated carbocycles. The third-order valence-corrected chi connectivity index (χ3v) is 5.54. The molecule has 8 heteroatoms. The van der Waals surface area contributed by atoms with Crippen LogP contribution in [0.4, 0.5) is 0 Å². The fourth-order valence-corrected chi connectivity index (χ4v) is 3.76. The van der Waals surface area contributed by atoms with Gasteiger partial charge in [0, 0.05) is 31.1 Å². The summed E-state index contributed by atoms with van der Waals surface area (Å²) >= 11 is 0. The molecule has 0 unspecified atom stereocenters. The molecule has 1 aromatic heterocycles. The number of benzene rings is 2. The van der Waals surface area contributed by atoms with Crippen LogP contribution in [-0.2, 0) is 24.4 Å². The first-order valence-electron chi connectivity index (χ1n) is 10.8. The van der Waals surface area contributed by atoms with Gasteiger partial charge in [-0.3, -0.25) is 9.89 Å². The minimum atomic E-state index is -0.215. The fourth-order valence-electron chi connectivity index (χ4n) is 3.76. The molecule has 1 amide bonds. The van der Waals surface area contributed by atoms with Crippen LogP contribution in [0, 0.1) is 0 Å². The lowest BCUT2D eigenvalue weighted by Crippen LogP contribution is -2.25. The van der Waals surface area contributed by atoms with E-state index < -0.39 is 0 Å². The van der Waals surface area contributed by atoms with Gasteiger partial charge >= 0.3 is 0 Å². The Labute approximate surface area is 187 Å². The predicted molar refractivity (Wildman–Crippen MR) is 122 cm³/mol. The van der Waals surface area contributed by atoms with Gasteiger partial charge in [0.25, 0.3) is 5.91 Å². The number of nitrogens with one attached hydrogen (secondary N) is 1. The Bertz CT molecular complexity index is 1120. The quantitative estimate of drug-likeness (QED) is 0.561. The number of carbonyl (C=O) groups excluding carboxylic acids is 1. The number of fused-ring (bicyclic) bond motifs is 2. The summed E-state index contributed by atoms with van der Waals surface area (Å²) in [5, 5.41) is 18.5. The Morgan fingerprint density at radius 2 is 2.00 bits per heavy atom. The number of aromatic amines is 1. The third-order valence-electron chi connectivity index (χ3n) is 5.54. The van der Waals surface area contributed by atoms with Gasteiger partial charge in [0.2, 0.25) is 0 Å². The van der Waals surface area contributed by atoms with E-state index in [1.54, 1.807) is 17.0 Å². The van der Waals surface area contributed by atoms with Crippen LogP contribution in [0.3, 0.4) is 0 Å². The van der Waals surface area contributed by atoms with Crippen LogP contribution in [0.5, 0.6) is 11.5 Å². The third kappa shape index (κ3) is 4.71. The topological polar surface area (TPSA) is 90.9 Å². The molecule has 2 N–H and O–H groups in total. The van der Waals surface area contributed by atoms with Crippen molar-refractivity contribution in [1.82, 2.24) is 20.0 Å². The van der Waals surface area contributed by atoms with E-state index in [1.165, 1.54) is 0 Å². The molecule has 3 aromatic rings. The van der Waals surface area contributed by atoms with Crippen molar-refractivity contribution in [2.45, 2.75) is 39.6 Å². The molecule has 0 fully saturated rings. The van der Waals surface area contributed by atoms with Crippen LogP contribution >= 0.6 is 0 Å². The molecule has 1 aliphatic heterocycles. The zero-order valence-electron chi connectivity index (χ0n) is 19.0. The van der Waals surface area contributed by atoms with Crippen LogP contribution in [0.25, 0.3) is 10.9 Å². The number of likely N-dealkylation sites (N-methyl/N-ethyl adjacent to an activating group) is 1. The van der Waals surface area contributed by atoms with Gasteiger partial charge in [-0.25, -0.2) is 0 Å². The minimum absolute atomic E-state index is 0.0638. The van der Waals surface area contributed by atoms with Crippen molar-refractivity contribution in [3.05, 3.63) is 52.7 Å². The maximum absolute atomic E-state index is 13.3. The number of rotatable bonds is 8. The number of nitrogens with zero attached hydrogens (tertiary/aromatic N) is 3. The zero-order valence-corrected chi connectivity index (χ0v) is 19.0. The first-order chi connectivity index (χ1) is 15.3. The first kappa shape index (κ1) is 22.1. The number of aromatic nitrogens is 2. The second-order valence-electron chi connectivity index (χ2n) is 8.69. The number of amides is 1. The Balaban J connectivity index is 1.51. The maximum atomic E-state index is 13.3. The summed E-state index contributed by atoms with van der Waals surface area (Å²) in [5.41, 5.74) is 3.81. The van der Waals surface area contributed by atoms with Gasteiger partial charge in [-0.15, -0.1) is 0 Å². The van der Waals surface area contributed by atoms with E-state index in [9.17, 15) is 9.90 Å². The van der Waals surface area contributed by atoms with E-state index in [4.69, 9.17) is 9.47 Å². The highest BCUT2D eigenvalue weighted by Crippen LogP contribution is 2.32. The van der Waals surface area contributed by atoms with E-state index in [1.807, 2.05) is 46.1 Å². The lowest BCUT2D eigenvalue weighted by molar-refractivity contribution is 0.0642. The molecule has 1 aliphatic rings. The summed E-state index contributed by atoms with van der Waals surface area (Å²) in [5.74, 6) is 0.524. The molecular weight excluding hydrogens is 408 g/mol. The molecule has 2 aromatic carbocycles. The smallest absolute Gasteiger partial charge is 0.258 e. The highest BCUT2D eigenvalue weighted by Gasteiger charge is 2.27. The van der Waals surface area contributed by atoms with E-state index >= 15 is 0 Å². The van der Waals surface area contributed by atoms with E-state index in [0.717, 1.165) is 28.8 Å². The van der Waals surface area contributed by atoms with Crippen LogP contribution in [-0.4, -0.2) is 64.4 Å². The summed E-state index contributed by atoms with van der Waals surface area (Å²) in [6.45, 7) is 6.67. The number of phenolic OH excluding ortho intramolecular Hbond substituents is 1. The molecule has 8 nitrogen and oxygen atoms in total. The molecule has 0 bridgehead atoms. The molecule has 0 aliphatic carbocycles. The van der Waals surface area contributed by atoms with Gasteiger partial charge in [-0.05, 0) is 57.3 Å². The zero-order chi connectivity index (χ0) is 22.8. The first-order valence-corrected chi connectivity index (χ1v) is 10.8. The summed E-state index contributed by atoms with van der Waals surface area (Å²) in [4.78, 5) is 17.1. The lowest BCUT2D eigenvalue weighted by atomic mass is 10.1. The minimum Gasteiger partial charge on any atom is -0.507 e. The van der Waals surface area contributed by atoms with E-state index in [-0.39, 0.29) is 23.3 Å². The summed E-state index contributed by atoms with van der Waals surface area (Å²) in [6.07, 6.45) is 0.0693. The Kier molecular flexibility index (Phi) is 6.34. The second-order valence-corrected chi connectivity index (χ2v) is 8.69. The monoisotopic (exact) mass is 438 g/mol. The fraction of sp³-hybridized carbons (Fsp3) is 0.417. The van der Waals surface area contributed by atoms with Crippen molar-refractivity contribution < 1.29 is 19.4 Å². The Hall–Kier alpha value is -3.10. The molecule has 0 atom stereocenters. The Morgan fingerprint density at radius 1 is 1.22 bits per heavy atom. The van der Waals surface area contributed by atoms with Crippen molar-refractivity contribution in [1.29, 1.82) is 0 Å². The maximum Gasteiger partial charge on any atom is 0.258 e.